The highest BCUT2D eigenvalue weighted by atomic mass is 16.5. The Hall–Kier alpha value is -0.600. The summed E-state index contributed by atoms with van der Waals surface area (Å²) < 4.78 is 11.9. The van der Waals surface area contributed by atoms with E-state index in [1.54, 1.807) is 0 Å². The fourth-order valence-corrected chi connectivity index (χ4v) is 3.35. The molecule has 0 bridgehead atoms. The maximum absolute atomic E-state index is 6.26. The molecule has 2 heteroatoms. The molecule has 126 valence electrons. The summed E-state index contributed by atoms with van der Waals surface area (Å²) >= 11 is 0. The van der Waals surface area contributed by atoms with Gasteiger partial charge >= 0.3 is 0 Å². The lowest BCUT2D eigenvalue weighted by molar-refractivity contribution is 0.00964. The summed E-state index contributed by atoms with van der Waals surface area (Å²) in [7, 11) is 0. The Morgan fingerprint density at radius 2 is 1.59 bits per heavy atom. The van der Waals surface area contributed by atoms with E-state index in [0.717, 1.165) is 26.2 Å². The SMILES string of the molecule is CC1(C)CC=C2/C=C/CCCCCOCCCCCCOC21. The quantitative estimate of drug-likeness (QED) is 0.593. The zero-order valence-electron chi connectivity index (χ0n) is 14.6. The highest BCUT2D eigenvalue weighted by Crippen LogP contribution is 2.39. The van der Waals surface area contributed by atoms with Crippen LogP contribution in [0.2, 0.25) is 0 Å². The molecule has 1 aliphatic heterocycles. The largest absolute Gasteiger partial charge is 0.381 e. The second kappa shape index (κ2) is 9.52. The first-order valence-electron chi connectivity index (χ1n) is 9.26. The molecule has 0 aromatic rings. The van der Waals surface area contributed by atoms with Gasteiger partial charge in [-0.25, -0.2) is 0 Å². The topological polar surface area (TPSA) is 18.5 Å². The van der Waals surface area contributed by atoms with E-state index in [-0.39, 0.29) is 11.5 Å². The summed E-state index contributed by atoms with van der Waals surface area (Å²) in [6.07, 6.45) is 18.2. The average molecular weight is 306 g/mol. The number of ether oxygens (including phenoxy) is 2. The van der Waals surface area contributed by atoms with Gasteiger partial charge in [-0.3, -0.25) is 0 Å². The molecule has 0 radical (unpaired) electrons. The summed E-state index contributed by atoms with van der Waals surface area (Å²) in [6, 6.07) is 0. The van der Waals surface area contributed by atoms with Crippen LogP contribution in [-0.4, -0.2) is 25.9 Å². The molecule has 1 unspecified atom stereocenters. The molecule has 1 atom stereocenters. The van der Waals surface area contributed by atoms with Crippen molar-refractivity contribution in [1.29, 1.82) is 0 Å². The standard InChI is InChI=1S/C20H34O2/c1-20(2)14-13-18-12-8-4-3-5-9-15-21-16-10-6-7-11-17-22-19(18)20/h8,12-13,19H,3-7,9-11,14-17H2,1-2H3/b12-8+. The first-order chi connectivity index (χ1) is 10.7. The molecule has 1 heterocycles. The van der Waals surface area contributed by atoms with E-state index in [9.17, 15) is 0 Å². The molecule has 0 N–H and O–H groups in total. The molecule has 1 aliphatic carbocycles. The Balaban J connectivity index is 1.87. The van der Waals surface area contributed by atoms with E-state index in [1.165, 1.54) is 56.9 Å². The third-order valence-electron chi connectivity index (χ3n) is 4.81. The Morgan fingerprint density at radius 1 is 0.909 bits per heavy atom. The van der Waals surface area contributed by atoms with Crippen molar-refractivity contribution < 1.29 is 9.47 Å². The van der Waals surface area contributed by atoms with Gasteiger partial charge in [-0.2, -0.15) is 0 Å². The maximum Gasteiger partial charge on any atom is 0.0875 e. The Morgan fingerprint density at radius 3 is 2.36 bits per heavy atom. The molecular weight excluding hydrogens is 272 g/mol. The smallest absolute Gasteiger partial charge is 0.0875 e. The molecule has 0 saturated heterocycles. The van der Waals surface area contributed by atoms with Gasteiger partial charge in [0.1, 0.15) is 0 Å². The Labute approximate surface area is 137 Å². The molecule has 2 nitrogen and oxygen atoms in total. The highest BCUT2D eigenvalue weighted by Gasteiger charge is 2.36. The van der Waals surface area contributed by atoms with Gasteiger partial charge in [0.05, 0.1) is 6.10 Å². The summed E-state index contributed by atoms with van der Waals surface area (Å²) in [5.74, 6) is 0. The van der Waals surface area contributed by atoms with Crippen molar-refractivity contribution in [2.75, 3.05) is 19.8 Å². The normalized spacial score (nSPS) is 30.1. The minimum atomic E-state index is 0.246. The first-order valence-corrected chi connectivity index (χ1v) is 9.26. The van der Waals surface area contributed by atoms with Crippen LogP contribution in [0.5, 0.6) is 0 Å². The van der Waals surface area contributed by atoms with E-state index in [1.807, 2.05) is 0 Å². The van der Waals surface area contributed by atoms with Crippen LogP contribution in [0.3, 0.4) is 0 Å². The van der Waals surface area contributed by atoms with Crippen LogP contribution in [0.4, 0.5) is 0 Å². The second-order valence-corrected chi connectivity index (χ2v) is 7.43. The molecule has 0 amide bonds. The van der Waals surface area contributed by atoms with Crippen LogP contribution in [0.1, 0.15) is 71.6 Å². The van der Waals surface area contributed by atoms with Crippen molar-refractivity contribution in [3.63, 3.8) is 0 Å². The molecule has 0 aromatic carbocycles. The third-order valence-corrected chi connectivity index (χ3v) is 4.81. The van der Waals surface area contributed by atoms with E-state index >= 15 is 0 Å². The summed E-state index contributed by atoms with van der Waals surface area (Å²) in [5.41, 5.74) is 1.65. The van der Waals surface area contributed by atoms with Gasteiger partial charge in [0.25, 0.3) is 0 Å². The minimum Gasteiger partial charge on any atom is -0.381 e. The van der Waals surface area contributed by atoms with Gasteiger partial charge in [0.2, 0.25) is 0 Å². The lowest BCUT2D eigenvalue weighted by Crippen LogP contribution is -2.29. The number of hydrogen-bond donors (Lipinski definition) is 0. The molecule has 22 heavy (non-hydrogen) atoms. The summed E-state index contributed by atoms with van der Waals surface area (Å²) in [4.78, 5) is 0. The van der Waals surface area contributed by atoms with Crippen LogP contribution in [0.15, 0.2) is 23.8 Å². The minimum absolute atomic E-state index is 0.246. The van der Waals surface area contributed by atoms with Gasteiger partial charge in [-0.1, -0.05) is 51.3 Å². The molecule has 0 saturated carbocycles. The van der Waals surface area contributed by atoms with Gasteiger partial charge in [-0.05, 0) is 49.5 Å². The fraction of sp³-hybridized carbons (Fsp3) is 0.800. The lowest BCUT2D eigenvalue weighted by Gasteiger charge is -2.29. The van der Waals surface area contributed by atoms with Crippen LogP contribution in [-0.2, 0) is 9.47 Å². The number of fused-ring (bicyclic) bond motifs is 1. The zero-order valence-corrected chi connectivity index (χ0v) is 14.6. The van der Waals surface area contributed by atoms with E-state index in [2.05, 4.69) is 32.1 Å². The Kier molecular flexibility index (Phi) is 7.68. The predicted molar refractivity (Wildman–Crippen MR) is 93.1 cm³/mol. The summed E-state index contributed by atoms with van der Waals surface area (Å²) in [5, 5.41) is 0. The van der Waals surface area contributed by atoms with Crippen molar-refractivity contribution in [2.45, 2.75) is 77.7 Å². The third kappa shape index (κ3) is 5.89. The molecule has 2 aliphatic rings. The average Bonchev–Trinajstić information content (AvgIpc) is 2.77. The zero-order chi connectivity index (χ0) is 15.7. The van der Waals surface area contributed by atoms with Crippen molar-refractivity contribution in [3.8, 4) is 0 Å². The van der Waals surface area contributed by atoms with Crippen molar-refractivity contribution in [2.24, 2.45) is 5.41 Å². The molecule has 0 spiro atoms. The molecule has 2 rings (SSSR count). The maximum atomic E-state index is 6.26. The highest BCUT2D eigenvalue weighted by molar-refractivity contribution is 5.30. The number of allylic oxidation sites excluding steroid dienone is 2. The van der Waals surface area contributed by atoms with Crippen LogP contribution in [0, 0.1) is 5.41 Å². The number of hydrogen-bond acceptors (Lipinski definition) is 2. The van der Waals surface area contributed by atoms with E-state index in [4.69, 9.17) is 9.47 Å². The Bertz CT molecular complexity index is 368. The second-order valence-electron chi connectivity index (χ2n) is 7.43. The monoisotopic (exact) mass is 306 g/mol. The van der Waals surface area contributed by atoms with Gasteiger partial charge in [0.15, 0.2) is 0 Å². The molecule has 0 fully saturated rings. The van der Waals surface area contributed by atoms with Crippen molar-refractivity contribution >= 4 is 0 Å². The number of rotatable bonds is 0. The molecular formula is C20H34O2. The molecule has 0 aromatic heterocycles. The van der Waals surface area contributed by atoms with Crippen LogP contribution >= 0.6 is 0 Å². The van der Waals surface area contributed by atoms with Gasteiger partial charge in [-0.15, -0.1) is 0 Å². The summed E-state index contributed by atoms with van der Waals surface area (Å²) in [6.45, 7) is 7.42. The lowest BCUT2D eigenvalue weighted by atomic mass is 9.86. The predicted octanol–water partition coefficient (Wildman–Crippen LogP) is 5.44. The van der Waals surface area contributed by atoms with Gasteiger partial charge < -0.3 is 9.47 Å². The van der Waals surface area contributed by atoms with Gasteiger partial charge in [0, 0.05) is 19.8 Å². The van der Waals surface area contributed by atoms with Crippen LogP contribution in [0.25, 0.3) is 0 Å². The first kappa shape index (κ1) is 17.7. The van der Waals surface area contributed by atoms with Crippen molar-refractivity contribution in [1.82, 2.24) is 0 Å². The fourth-order valence-electron chi connectivity index (χ4n) is 3.35. The van der Waals surface area contributed by atoms with E-state index < -0.39 is 0 Å². The van der Waals surface area contributed by atoms with Crippen LogP contribution < -0.4 is 0 Å². The van der Waals surface area contributed by atoms with Crippen molar-refractivity contribution in [3.05, 3.63) is 23.8 Å². The van der Waals surface area contributed by atoms with E-state index in [0.29, 0.717) is 0 Å².